The number of carbonyl (C=O) groups is 3. The van der Waals surface area contributed by atoms with E-state index in [1.54, 1.807) is 43.6 Å². The molecule has 3 aromatic rings. The van der Waals surface area contributed by atoms with E-state index in [0.29, 0.717) is 27.4 Å². The van der Waals surface area contributed by atoms with Crippen LogP contribution in [0.2, 0.25) is 0 Å². The minimum absolute atomic E-state index is 0.182. The van der Waals surface area contributed by atoms with Gasteiger partial charge < -0.3 is 16.0 Å². The molecule has 3 N–H and O–H groups in total. The summed E-state index contributed by atoms with van der Waals surface area (Å²) in [6, 6.07) is 8.53. The topological polar surface area (TPSA) is 100 Å². The van der Waals surface area contributed by atoms with E-state index in [-0.39, 0.29) is 17.7 Å². The molecule has 32 heavy (non-hydrogen) atoms. The lowest BCUT2D eigenvalue weighted by molar-refractivity contribution is 0.0961. The molecule has 0 saturated carbocycles. The second-order valence-corrected chi connectivity index (χ2v) is 8.78. The van der Waals surface area contributed by atoms with Crippen molar-refractivity contribution in [2.75, 3.05) is 17.7 Å². The minimum atomic E-state index is -0.295. The van der Waals surface area contributed by atoms with Crippen molar-refractivity contribution in [3.8, 4) is 0 Å². The Morgan fingerprint density at radius 1 is 0.969 bits per heavy atom. The summed E-state index contributed by atoms with van der Waals surface area (Å²) in [5.74, 6) is -0.739. The van der Waals surface area contributed by atoms with Gasteiger partial charge in [-0.15, -0.1) is 11.3 Å². The van der Waals surface area contributed by atoms with Gasteiger partial charge in [0.15, 0.2) is 0 Å². The van der Waals surface area contributed by atoms with Gasteiger partial charge in [0.1, 0.15) is 5.00 Å². The first-order chi connectivity index (χ1) is 15.5. The highest BCUT2D eigenvalue weighted by molar-refractivity contribution is 7.17. The Labute approximate surface area is 190 Å². The lowest BCUT2D eigenvalue weighted by Gasteiger charge is -2.14. The van der Waals surface area contributed by atoms with Gasteiger partial charge >= 0.3 is 0 Å². The Kier molecular flexibility index (Phi) is 6.32. The zero-order valence-corrected chi connectivity index (χ0v) is 18.8. The highest BCUT2D eigenvalue weighted by atomic mass is 32.1. The summed E-state index contributed by atoms with van der Waals surface area (Å²) < 4.78 is 0. The number of aryl methyl sites for hydroxylation is 2. The van der Waals surface area contributed by atoms with E-state index in [1.165, 1.54) is 17.5 Å². The van der Waals surface area contributed by atoms with E-state index in [0.717, 1.165) is 41.7 Å². The molecule has 0 saturated heterocycles. The number of nitrogens with zero attached hydrogens (tertiary/aromatic N) is 1. The molecule has 0 atom stereocenters. The number of benzene rings is 1. The summed E-state index contributed by atoms with van der Waals surface area (Å²) >= 11 is 1.47. The van der Waals surface area contributed by atoms with Gasteiger partial charge in [-0.2, -0.15) is 0 Å². The maximum atomic E-state index is 13.4. The molecule has 3 amide bonds. The van der Waals surface area contributed by atoms with Crippen molar-refractivity contribution < 1.29 is 14.4 Å². The fraction of sp³-hybridized carbons (Fsp3) is 0.250. The monoisotopic (exact) mass is 448 g/mol. The number of carbonyl (C=O) groups excluding carboxylic acids is 3. The van der Waals surface area contributed by atoms with Crippen LogP contribution in [0.25, 0.3) is 0 Å². The number of rotatable bonds is 5. The van der Waals surface area contributed by atoms with Crippen LogP contribution in [0, 0.1) is 6.92 Å². The van der Waals surface area contributed by atoms with Crippen molar-refractivity contribution in [2.45, 2.75) is 32.6 Å². The highest BCUT2D eigenvalue weighted by Crippen LogP contribution is 2.39. The minimum Gasteiger partial charge on any atom is -0.355 e. The molecule has 8 heteroatoms. The zero-order chi connectivity index (χ0) is 22.7. The van der Waals surface area contributed by atoms with Crippen molar-refractivity contribution >= 4 is 39.7 Å². The number of hydrogen-bond donors (Lipinski definition) is 3. The standard InChI is InChI=1S/C24H24N4O3S/c1-14-12-15(21(29)25-2)9-10-18(14)27-23(31)20-17-7-3-4-8-19(17)32-24(20)28-22(30)16-6-5-11-26-13-16/h5-6,9-13H,3-4,7-8H2,1-2H3,(H,25,29)(H,27,31)(H,28,30). The Balaban J connectivity index is 1.63. The molecular formula is C24H24N4O3S. The molecule has 0 bridgehead atoms. The van der Waals surface area contributed by atoms with Gasteiger partial charge in [-0.05, 0) is 74.1 Å². The second kappa shape index (κ2) is 9.32. The predicted molar refractivity (Wildman–Crippen MR) is 126 cm³/mol. The number of pyridine rings is 1. The summed E-state index contributed by atoms with van der Waals surface area (Å²) in [6.45, 7) is 1.84. The molecule has 2 aromatic heterocycles. The van der Waals surface area contributed by atoms with Gasteiger partial charge in [0.05, 0.1) is 11.1 Å². The number of nitrogens with one attached hydrogen (secondary N) is 3. The summed E-state index contributed by atoms with van der Waals surface area (Å²) in [4.78, 5) is 43.1. The third-order valence-electron chi connectivity index (χ3n) is 5.51. The van der Waals surface area contributed by atoms with Crippen LogP contribution >= 0.6 is 11.3 Å². The largest absolute Gasteiger partial charge is 0.355 e. The van der Waals surface area contributed by atoms with Crippen molar-refractivity contribution in [1.82, 2.24) is 10.3 Å². The number of aromatic nitrogens is 1. The fourth-order valence-corrected chi connectivity index (χ4v) is 5.12. The lowest BCUT2D eigenvalue weighted by atomic mass is 9.95. The van der Waals surface area contributed by atoms with Crippen molar-refractivity contribution in [2.24, 2.45) is 0 Å². The van der Waals surface area contributed by atoms with E-state index in [9.17, 15) is 14.4 Å². The van der Waals surface area contributed by atoms with Crippen LogP contribution < -0.4 is 16.0 Å². The molecule has 4 rings (SSSR count). The van der Waals surface area contributed by atoms with E-state index in [4.69, 9.17) is 0 Å². The van der Waals surface area contributed by atoms with Crippen molar-refractivity contribution in [3.63, 3.8) is 0 Å². The van der Waals surface area contributed by atoms with E-state index in [2.05, 4.69) is 20.9 Å². The lowest BCUT2D eigenvalue weighted by Crippen LogP contribution is -2.20. The summed E-state index contributed by atoms with van der Waals surface area (Å²) in [6.07, 6.45) is 6.91. The molecule has 1 aromatic carbocycles. The molecule has 7 nitrogen and oxygen atoms in total. The molecule has 0 fully saturated rings. The van der Waals surface area contributed by atoms with Gasteiger partial charge in [0.2, 0.25) is 0 Å². The van der Waals surface area contributed by atoms with Crippen LogP contribution in [0.1, 0.15) is 59.9 Å². The summed E-state index contributed by atoms with van der Waals surface area (Å²) in [7, 11) is 1.58. The molecule has 2 heterocycles. The Bertz CT molecular complexity index is 1190. The molecule has 0 unspecified atom stereocenters. The van der Waals surface area contributed by atoms with Crippen LogP contribution in [-0.2, 0) is 12.8 Å². The van der Waals surface area contributed by atoms with Crippen LogP contribution in [-0.4, -0.2) is 29.8 Å². The molecule has 164 valence electrons. The van der Waals surface area contributed by atoms with Crippen LogP contribution in [0.4, 0.5) is 10.7 Å². The fourth-order valence-electron chi connectivity index (χ4n) is 3.84. The van der Waals surface area contributed by atoms with Gasteiger partial charge in [-0.25, -0.2) is 0 Å². The van der Waals surface area contributed by atoms with Gasteiger partial charge in [0, 0.05) is 35.6 Å². The predicted octanol–water partition coefficient (Wildman–Crippen LogP) is 4.19. The average molecular weight is 449 g/mol. The molecule has 1 aliphatic rings. The normalized spacial score (nSPS) is 12.6. The zero-order valence-electron chi connectivity index (χ0n) is 18.0. The number of amides is 3. The maximum absolute atomic E-state index is 13.4. The molecular weight excluding hydrogens is 424 g/mol. The summed E-state index contributed by atoms with van der Waals surface area (Å²) in [5.41, 5.74) is 3.91. The first kappa shape index (κ1) is 21.7. The Morgan fingerprint density at radius 3 is 2.50 bits per heavy atom. The molecule has 0 aliphatic heterocycles. The highest BCUT2D eigenvalue weighted by Gasteiger charge is 2.27. The summed E-state index contributed by atoms with van der Waals surface area (Å²) in [5, 5.41) is 9.05. The number of fused-ring (bicyclic) bond motifs is 1. The second-order valence-electron chi connectivity index (χ2n) is 7.67. The first-order valence-corrected chi connectivity index (χ1v) is 11.3. The molecule has 0 radical (unpaired) electrons. The van der Waals surface area contributed by atoms with Crippen molar-refractivity contribution in [1.29, 1.82) is 0 Å². The first-order valence-electron chi connectivity index (χ1n) is 10.5. The Morgan fingerprint density at radius 2 is 1.78 bits per heavy atom. The van der Waals surface area contributed by atoms with Crippen LogP contribution in [0.15, 0.2) is 42.7 Å². The SMILES string of the molecule is CNC(=O)c1ccc(NC(=O)c2c(NC(=O)c3cccnc3)sc3c2CCCC3)c(C)c1. The Hall–Kier alpha value is -3.52. The van der Waals surface area contributed by atoms with E-state index in [1.807, 2.05) is 6.92 Å². The van der Waals surface area contributed by atoms with Gasteiger partial charge in [0.25, 0.3) is 17.7 Å². The van der Waals surface area contributed by atoms with Crippen molar-refractivity contribution in [3.05, 3.63) is 75.4 Å². The van der Waals surface area contributed by atoms with E-state index < -0.39 is 0 Å². The van der Waals surface area contributed by atoms with Crippen LogP contribution in [0.5, 0.6) is 0 Å². The number of anilines is 2. The number of hydrogen-bond acceptors (Lipinski definition) is 5. The van der Waals surface area contributed by atoms with Crippen LogP contribution in [0.3, 0.4) is 0 Å². The number of thiophene rings is 1. The third-order valence-corrected chi connectivity index (χ3v) is 6.72. The van der Waals surface area contributed by atoms with Gasteiger partial charge in [-0.1, -0.05) is 0 Å². The van der Waals surface area contributed by atoms with Gasteiger partial charge in [-0.3, -0.25) is 19.4 Å². The molecule has 1 aliphatic carbocycles. The third kappa shape index (κ3) is 4.40. The van der Waals surface area contributed by atoms with E-state index >= 15 is 0 Å². The quantitative estimate of drug-likeness (QED) is 0.545. The maximum Gasteiger partial charge on any atom is 0.258 e. The average Bonchev–Trinajstić information content (AvgIpc) is 3.18. The smallest absolute Gasteiger partial charge is 0.258 e. The molecule has 0 spiro atoms.